The summed E-state index contributed by atoms with van der Waals surface area (Å²) in [6.45, 7) is -0.999. The summed E-state index contributed by atoms with van der Waals surface area (Å²) in [7, 11) is 0. The maximum Gasteiger partial charge on any atom is 0.332 e. The molecule has 0 aromatic heterocycles. The van der Waals surface area contributed by atoms with Gasteiger partial charge in [0.15, 0.2) is 18.7 Å². The molecule has 0 spiro atoms. The van der Waals surface area contributed by atoms with E-state index in [1.807, 2.05) is 0 Å². The van der Waals surface area contributed by atoms with Crippen molar-refractivity contribution in [2.24, 2.45) is 0 Å². The number of ether oxygens (including phenoxy) is 4. The summed E-state index contributed by atoms with van der Waals surface area (Å²) in [5, 5.41) is 88.3. The highest BCUT2D eigenvalue weighted by Gasteiger charge is 2.50. The molecule has 14 nitrogen and oxygen atoms in total. The van der Waals surface area contributed by atoms with Crippen LogP contribution in [0.25, 0.3) is 0 Å². The van der Waals surface area contributed by atoms with Crippen LogP contribution in [0.2, 0.25) is 0 Å². The molecule has 0 radical (unpaired) electrons. The third-order valence-electron chi connectivity index (χ3n) is 7.90. The summed E-state index contributed by atoms with van der Waals surface area (Å²) in [6, 6.07) is 0. The number of unbranched alkanes of at least 4 members (excludes halogenated alkanes) is 11. The summed E-state index contributed by atoms with van der Waals surface area (Å²) in [6.07, 6.45) is -3.38. The highest BCUT2D eigenvalue weighted by Crippen LogP contribution is 2.29. The molecule has 2 fully saturated rings. The van der Waals surface area contributed by atoms with Crippen molar-refractivity contribution in [1.29, 1.82) is 0 Å². The van der Waals surface area contributed by atoms with Crippen molar-refractivity contribution in [3.63, 3.8) is 0 Å². The van der Waals surface area contributed by atoms with Crippen LogP contribution in [0.3, 0.4) is 0 Å². The van der Waals surface area contributed by atoms with E-state index in [4.69, 9.17) is 24.1 Å². The fourth-order valence-electron chi connectivity index (χ4n) is 5.22. The highest BCUT2D eigenvalue weighted by atomic mass is 16.7. The van der Waals surface area contributed by atoms with Gasteiger partial charge < -0.3 is 64.9 Å². The Morgan fingerprint density at radius 1 is 0.619 bits per heavy atom. The van der Waals surface area contributed by atoms with Gasteiger partial charge in [-0.1, -0.05) is 70.6 Å². The van der Waals surface area contributed by atoms with Crippen LogP contribution in [-0.4, -0.2) is 139 Å². The first-order valence-corrected chi connectivity index (χ1v) is 15.2. The Balaban J connectivity index is 1.56. The van der Waals surface area contributed by atoms with Gasteiger partial charge >= 0.3 is 5.97 Å². The Morgan fingerprint density at radius 2 is 1.10 bits per heavy atom. The smallest absolute Gasteiger partial charge is 0.332 e. The normalized spacial score (nSPS) is 34.4. The van der Waals surface area contributed by atoms with Gasteiger partial charge in [0.25, 0.3) is 0 Å². The van der Waals surface area contributed by atoms with Gasteiger partial charge in [-0.15, -0.1) is 0 Å². The predicted molar refractivity (Wildman–Crippen MR) is 146 cm³/mol. The van der Waals surface area contributed by atoms with Crippen LogP contribution in [-0.2, 0) is 23.7 Å². The van der Waals surface area contributed by atoms with E-state index in [1.165, 1.54) is 0 Å². The van der Waals surface area contributed by atoms with E-state index in [2.05, 4.69) is 0 Å². The molecule has 0 aromatic carbocycles. The van der Waals surface area contributed by atoms with Crippen molar-refractivity contribution >= 4 is 5.97 Å². The number of carboxylic acids is 1. The van der Waals surface area contributed by atoms with E-state index in [0.717, 1.165) is 70.6 Å². The molecule has 0 aliphatic carbocycles. The minimum atomic E-state index is -1.72. The first-order chi connectivity index (χ1) is 20.1. The van der Waals surface area contributed by atoms with E-state index in [9.17, 15) is 45.6 Å². The summed E-state index contributed by atoms with van der Waals surface area (Å²) >= 11 is 0. The summed E-state index contributed by atoms with van der Waals surface area (Å²) in [4.78, 5) is 10.6. The molecule has 2 aliphatic heterocycles. The molecule has 1 unspecified atom stereocenters. The lowest BCUT2D eigenvalue weighted by Crippen LogP contribution is -2.64. The van der Waals surface area contributed by atoms with Crippen LogP contribution in [0.1, 0.15) is 83.5 Å². The number of aliphatic carboxylic acids is 1. The molecular weight excluding hydrogens is 560 g/mol. The molecule has 14 heteroatoms. The second-order valence-corrected chi connectivity index (χ2v) is 11.3. The number of carboxylic acid groups (broad SMARTS) is 1. The fourth-order valence-corrected chi connectivity index (χ4v) is 5.22. The Morgan fingerprint density at radius 3 is 1.62 bits per heavy atom. The Hall–Kier alpha value is -1.01. The van der Waals surface area contributed by atoms with Crippen molar-refractivity contribution in [1.82, 2.24) is 0 Å². The first kappa shape index (κ1) is 37.2. The standard InChI is InChI=1S/C28H52O14/c29-15-18-20(32)21(33)23(35)28(40-18)42-25-19(16-30)41-27(24(36)22(25)34)39-14-12-10-8-6-4-2-1-3-5-7-9-11-13-17(31)26(37)38/h17-25,27-36H,1-16H2,(H,37,38)/t17?,18-,19-,20-,21+,22-,23-,24-,25-,27-,28+/m1/s1. The molecule has 11 atom stereocenters. The van der Waals surface area contributed by atoms with Crippen LogP contribution < -0.4 is 0 Å². The second kappa shape index (κ2) is 20.1. The first-order valence-electron chi connectivity index (χ1n) is 15.2. The third-order valence-corrected chi connectivity index (χ3v) is 7.90. The fraction of sp³-hybridized carbons (Fsp3) is 0.964. The molecule has 2 rings (SSSR count). The summed E-state index contributed by atoms with van der Waals surface area (Å²) < 4.78 is 22.1. The SMILES string of the molecule is O=C(O)C(O)CCCCCCCCCCCCCCO[C@@H]1O[C@H](CO)[C@@H](O[C@@H]2O[C@H](CO)[C@@H](O)[C@H](O)[C@H]2O)[C@H](O)[C@H]1O. The topological polar surface area (TPSA) is 236 Å². The van der Waals surface area contributed by atoms with Crippen molar-refractivity contribution in [3.05, 3.63) is 0 Å². The van der Waals surface area contributed by atoms with Crippen LogP contribution in [0.15, 0.2) is 0 Å². The minimum absolute atomic E-state index is 0.272. The zero-order valence-electron chi connectivity index (χ0n) is 24.2. The zero-order chi connectivity index (χ0) is 31.1. The van der Waals surface area contributed by atoms with E-state index in [0.29, 0.717) is 12.8 Å². The molecule has 0 aromatic rings. The van der Waals surface area contributed by atoms with Crippen LogP contribution >= 0.6 is 0 Å². The van der Waals surface area contributed by atoms with Gasteiger partial charge in [-0.05, 0) is 12.8 Å². The van der Waals surface area contributed by atoms with E-state index < -0.39 is 86.7 Å². The Kier molecular flexibility index (Phi) is 17.8. The number of rotatable bonds is 21. The molecule has 9 N–H and O–H groups in total. The molecule has 2 saturated heterocycles. The maximum absolute atomic E-state index is 10.6. The van der Waals surface area contributed by atoms with Crippen molar-refractivity contribution in [2.75, 3.05) is 19.8 Å². The molecule has 248 valence electrons. The number of hydrogen-bond acceptors (Lipinski definition) is 13. The zero-order valence-corrected chi connectivity index (χ0v) is 24.2. The monoisotopic (exact) mass is 612 g/mol. The number of hydrogen-bond donors (Lipinski definition) is 9. The van der Waals surface area contributed by atoms with Gasteiger partial charge in [0.1, 0.15) is 48.8 Å². The number of aliphatic hydroxyl groups is 8. The summed E-state index contributed by atoms with van der Waals surface area (Å²) in [5.41, 5.74) is 0. The molecular formula is C28H52O14. The third kappa shape index (κ3) is 11.8. The molecule has 0 bridgehead atoms. The summed E-state index contributed by atoms with van der Waals surface area (Å²) in [5.74, 6) is -1.16. The van der Waals surface area contributed by atoms with Gasteiger partial charge in [-0.3, -0.25) is 0 Å². The molecule has 42 heavy (non-hydrogen) atoms. The number of carbonyl (C=O) groups is 1. The Labute approximate surface area is 246 Å². The molecule has 0 saturated carbocycles. The lowest BCUT2D eigenvalue weighted by atomic mass is 9.97. The van der Waals surface area contributed by atoms with E-state index >= 15 is 0 Å². The van der Waals surface area contributed by atoms with E-state index in [1.54, 1.807) is 0 Å². The molecule has 0 amide bonds. The lowest BCUT2D eigenvalue weighted by Gasteiger charge is -2.45. The van der Waals surface area contributed by atoms with Gasteiger partial charge in [0.2, 0.25) is 0 Å². The maximum atomic E-state index is 10.6. The van der Waals surface area contributed by atoms with Crippen molar-refractivity contribution in [3.8, 4) is 0 Å². The van der Waals surface area contributed by atoms with Crippen LogP contribution in [0.5, 0.6) is 0 Å². The highest BCUT2D eigenvalue weighted by molar-refractivity contribution is 5.71. The Bertz CT molecular complexity index is 725. The van der Waals surface area contributed by atoms with Crippen LogP contribution in [0.4, 0.5) is 0 Å². The molecule has 2 heterocycles. The van der Waals surface area contributed by atoms with Crippen molar-refractivity contribution < 1.29 is 69.7 Å². The van der Waals surface area contributed by atoms with Gasteiger partial charge in [-0.25, -0.2) is 4.79 Å². The van der Waals surface area contributed by atoms with E-state index in [-0.39, 0.29) is 6.61 Å². The van der Waals surface area contributed by atoms with Gasteiger partial charge in [0.05, 0.1) is 13.2 Å². The average Bonchev–Trinajstić information content (AvgIpc) is 2.98. The second-order valence-electron chi connectivity index (χ2n) is 11.3. The van der Waals surface area contributed by atoms with Gasteiger partial charge in [0, 0.05) is 6.61 Å². The van der Waals surface area contributed by atoms with Gasteiger partial charge in [-0.2, -0.15) is 0 Å². The molecule has 2 aliphatic rings. The lowest BCUT2D eigenvalue weighted by molar-refractivity contribution is -0.359. The average molecular weight is 613 g/mol. The quantitative estimate of drug-likeness (QED) is 0.0718. The van der Waals surface area contributed by atoms with Crippen LogP contribution in [0, 0.1) is 0 Å². The largest absolute Gasteiger partial charge is 0.479 e. The minimum Gasteiger partial charge on any atom is -0.479 e. The predicted octanol–water partition coefficient (Wildman–Crippen LogP) is -0.856. The van der Waals surface area contributed by atoms with Crippen molar-refractivity contribution in [2.45, 2.75) is 151 Å². The number of aliphatic hydroxyl groups excluding tert-OH is 8.